The first-order valence-corrected chi connectivity index (χ1v) is 6.49. The highest BCUT2D eigenvalue weighted by atomic mass is 16.2. The van der Waals surface area contributed by atoms with Crippen LogP contribution >= 0.6 is 0 Å². The molecule has 0 bridgehead atoms. The molecule has 0 heterocycles. The monoisotopic (exact) mass is 226 g/mol. The van der Waals surface area contributed by atoms with Crippen molar-refractivity contribution in [1.82, 2.24) is 0 Å². The van der Waals surface area contributed by atoms with Gasteiger partial charge in [-0.05, 0) is 24.7 Å². The van der Waals surface area contributed by atoms with Crippen LogP contribution in [-0.2, 0) is 9.59 Å². The second-order valence-electron chi connectivity index (χ2n) is 5.42. The molecule has 0 unspecified atom stereocenters. The molecule has 0 saturated carbocycles. The van der Waals surface area contributed by atoms with Crippen molar-refractivity contribution in [1.29, 1.82) is 0 Å². The number of ketones is 2. The van der Waals surface area contributed by atoms with Gasteiger partial charge in [0.15, 0.2) is 11.6 Å². The molecular weight excluding hydrogens is 200 g/mol. The van der Waals surface area contributed by atoms with E-state index in [4.69, 9.17) is 0 Å². The largest absolute Gasteiger partial charge is 0.291 e. The fourth-order valence-electron chi connectivity index (χ4n) is 1.62. The Balaban J connectivity index is 3.62. The maximum absolute atomic E-state index is 11.5. The van der Waals surface area contributed by atoms with Crippen molar-refractivity contribution < 1.29 is 9.59 Å². The summed E-state index contributed by atoms with van der Waals surface area (Å²) in [6.07, 6.45) is 4.66. The van der Waals surface area contributed by atoms with Gasteiger partial charge in [-0.3, -0.25) is 9.59 Å². The summed E-state index contributed by atoms with van der Waals surface area (Å²) in [6, 6.07) is 0. The summed E-state index contributed by atoms with van der Waals surface area (Å²) in [7, 11) is 0. The molecule has 0 aliphatic rings. The minimum Gasteiger partial charge on any atom is -0.291 e. The summed E-state index contributed by atoms with van der Waals surface area (Å²) in [4.78, 5) is 22.9. The lowest BCUT2D eigenvalue weighted by Crippen LogP contribution is -2.13. The Hall–Kier alpha value is -0.660. The van der Waals surface area contributed by atoms with Gasteiger partial charge in [0.25, 0.3) is 0 Å². The summed E-state index contributed by atoms with van der Waals surface area (Å²) in [5.41, 5.74) is 0. The van der Waals surface area contributed by atoms with Gasteiger partial charge < -0.3 is 0 Å². The van der Waals surface area contributed by atoms with Gasteiger partial charge in [0, 0.05) is 12.8 Å². The van der Waals surface area contributed by atoms with Gasteiger partial charge in [-0.2, -0.15) is 0 Å². The van der Waals surface area contributed by atoms with Gasteiger partial charge in [-0.1, -0.05) is 40.5 Å². The Kier molecular flexibility index (Phi) is 8.14. The van der Waals surface area contributed by atoms with E-state index >= 15 is 0 Å². The Morgan fingerprint density at radius 2 is 1.06 bits per heavy atom. The standard InChI is InChI=1S/C14H26O2/c1-11(2)7-5-9-13(15)14(16)10-6-8-12(3)4/h11-12H,5-10H2,1-4H3. The summed E-state index contributed by atoms with van der Waals surface area (Å²) < 4.78 is 0. The van der Waals surface area contributed by atoms with Crippen LogP contribution in [0.1, 0.15) is 66.2 Å². The number of carbonyl (C=O) groups excluding carboxylic acids is 2. The average molecular weight is 226 g/mol. The van der Waals surface area contributed by atoms with E-state index in [1.165, 1.54) is 0 Å². The highest BCUT2D eigenvalue weighted by molar-refractivity contribution is 6.37. The quantitative estimate of drug-likeness (QED) is 0.561. The highest BCUT2D eigenvalue weighted by Gasteiger charge is 2.13. The molecule has 0 N–H and O–H groups in total. The minimum absolute atomic E-state index is 0.163. The zero-order chi connectivity index (χ0) is 12.6. The van der Waals surface area contributed by atoms with Gasteiger partial charge in [0.2, 0.25) is 0 Å². The summed E-state index contributed by atoms with van der Waals surface area (Å²) in [5, 5.41) is 0. The van der Waals surface area contributed by atoms with E-state index in [-0.39, 0.29) is 11.6 Å². The molecule has 0 rings (SSSR count). The Labute approximate surface area is 99.8 Å². The lowest BCUT2D eigenvalue weighted by molar-refractivity contribution is -0.136. The van der Waals surface area contributed by atoms with Crippen LogP contribution in [0, 0.1) is 11.8 Å². The smallest absolute Gasteiger partial charge is 0.198 e. The van der Waals surface area contributed by atoms with E-state index in [1.807, 2.05) is 0 Å². The lowest BCUT2D eigenvalue weighted by Gasteiger charge is -2.04. The molecule has 0 aromatic heterocycles. The zero-order valence-corrected chi connectivity index (χ0v) is 11.2. The first-order valence-electron chi connectivity index (χ1n) is 6.49. The van der Waals surface area contributed by atoms with E-state index in [0.29, 0.717) is 24.7 Å². The van der Waals surface area contributed by atoms with E-state index in [9.17, 15) is 9.59 Å². The van der Waals surface area contributed by atoms with Crippen LogP contribution in [-0.4, -0.2) is 11.6 Å². The molecule has 0 atom stereocenters. The molecule has 2 nitrogen and oxygen atoms in total. The maximum Gasteiger partial charge on any atom is 0.198 e. The molecule has 0 fully saturated rings. The molecule has 0 aliphatic carbocycles. The topological polar surface area (TPSA) is 34.1 Å². The second kappa shape index (κ2) is 8.49. The third-order valence-electron chi connectivity index (χ3n) is 2.68. The molecule has 0 saturated heterocycles. The number of carbonyl (C=O) groups is 2. The number of rotatable bonds is 9. The molecule has 0 spiro atoms. The molecule has 0 aromatic carbocycles. The van der Waals surface area contributed by atoms with Gasteiger partial charge in [0.1, 0.15) is 0 Å². The molecule has 0 radical (unpaired) electrons. The minimum atomic E-state index is -0.163. The van der Waals surface area contributed by atoms with E-state index in [0.717, 1.165) is 25.7 Å². The predicted molar refractivity (Wildman–Crippen MR) is 67.4 cm³/mol. The predicted octanol–water partition coefficient (Wildman–Crippen LogP) is 3.78. The number of hydrogen-bond donors (Lipinski definition) is 0. The van der Waals surface area contributed by atoms with E-state index < -0.39 is 0 Å². The van der Waals surface area contributed by atoms with Gasteiger partial charge in [0.05, 0.1) is 0 Å². The Bertz CT molecular complexity index is 193. The van der Waals surface area contributed by atoms with Crippen molar-refractivity contribution in [2.45, 2.75) is 66.2 Å². The van der Waals surface area contributed by atoms with Crippen LogP contribution in [0.5, 0.6) is 0 Å². The first kappa shape index (κ1) is 15.3. The van der Waals surface area contributed by atoms with Crippen molar-refractivity contribution in [2.75, 3.05) is 0 Å². The zero-order valence-electron chi connectivity index (χ0n) is 11.2. The van der Waals surface area contributed by atoms with Crippen LogP contribution < -0.4 is 0 Å². The molecular formula is C14H26O2. The number of hydrogen-bond acceptors (Lipinski definition) is 2. The summed E-state index contributed by atoms with van der Waals surface area (Å²) in [5.74, 6) is 0.904. The number of Topliss-reactive ketones (excluding diaryl/α,β-unsaturated/α-hetero) is 2. The summed E-state index contributed by atoms with van der Waals surface area (Å²) in [6.45, 7) is 8.54. The highest BCUT2D eigenvalue weighted by Crippen LogP contribution is 2.10. The fraction of sp³-hybridized carbons (Fsp3) is 0.857. The Morgan fingerprint density at radius 1 is 0.750 bits per heavy atom. The third-order valence-corrected chi connectivity index (χ3v) is 2.68. The molecule has 0 aliphatic heterocycles. The molecule has 2 heteroatoms. The van der Waals surface area contributed by atoms with Crippen molar-refractivity contribution >= 4 is 11.6 Å². The lowest BCUT2D eigenvalue weighted by atomic mass is 10.00. The van der Waals surface area contributed by atoms with E-state index in [1.54, 1.807) is 0 Å². The van der Waals surface area contributed by atoms with Crippen molar-refractivity contribution in [3.05, 3.63) is 0 Å². The maximum atomic E-state index is 11.5. The normalized spacial score (nSPS) is 11.1. The average Bonchev–Trinajstić information content (AvgIpc) is 2.16. The van der Waals surface area contributed by atoms with Gasteiger partial charge in [-0.15, -0.1) is 0 Å². The summed E-state index contributed by atoms with van der Waals surface area (Å²) >= 11 is 0. The van der Waals surface area contributed by atoms with E-state index in [2.05, 4.69) is 27.7 Å². The Morgan fingerprint density at radius 3 is 1.31 bits per heavy atom. The van der Waals surface area contributed by atoms with Crippen LogP contribution in [0.2, 0.25) is 0 Å². The first-order chi connectivity index (χ1) is 7.43. The molecule has 0 amide bonds. The molecule has 0 aromatic rings. The van der Waals surface area contributed by atoms with Crippen LogP contribution in [0.3, 0.4) is 0 Å². The van der Waals surface area contributed by atoms with Crippen molar-refractivity contribution in [2.24, 2.45) is 11.8 Å². The van der Waals surface area contributed by atoms with Crippen LogP contribution in [0.15, 0.2) is 0 Å². The van der Waals surface area contributed by atoms with Gasteiger partial charge >= 0.3 is 0 Å². The second-order valence-corrected chi connectivity index (χ2v) is 5.42. The van der Waals surface area contributed by atoms with Crippen molar-refractivity contribution in [3.8, 4) is 0 Å². The van der Waals surface area contributed by atoms with Gasteiger partial charge in [-0.25, -0.2) is 0 Å². The molecule has 16 heavy (non-hydrogen) atoms. The SMILES string of the molecule is CC(C)CCCC(=O)C(=O)CCCC(C)C. The third kappa shape index (κ3) is 8.63. The molecule has 94 valence electrons. The van der Waals surface area contributed by atoms with Crippen molar-refractivity contribution in [3.63, 3.8) is 0 Å². The fourth-order valence-corrected chi connectivity index (χ4v) is 1.62. The van der Waals surface area contributed by atoms with Crippen LogP contribution in [0.4, 0.5) is 0 Å². The van der Waals surface area contributed by atoms with Crippen LogP contribution in [0.25, 0.3) is 0 Å².